The van der Waals surface area contributed by atoms with Crippen LogP contribution in [0.5, 0.6) is 0 Å². The highest BCUT2D eigenvalue weighted by Crippen LogP contribution is 2.21. The maximum Gasteiger partial charge on any atom is 0.233 e. The number of ketones is 1. The van der Waals surface area contributed by atoms with Crippen molar-refractivity contribution < 1.29 is 18.4 Å². The van der Waals surface area contributed by atoms with Crippen molar-refractivity contribution in [1.29, 1.82) is 0 Å². The number of nitrogens with zero attached hydrogens (tertiary/aromatic N) is 1. The molecule has 1 heterocycles. The molecule has 0 spiro atoms. The number of carbonyl (C=O) groups is 2. The molecule has 1 amide bonds. The number of carbonyl (C=O) groups excluding carboxylic acids is 2. The normalized spacial score (nSPS) is 17.9. The molecule has 104 valence electrons. The molecule has 3 nitrogen and oxygen atoms in total. The Hall–Kier alpha value is -1.78. The molecule has 2 rings (SSSR count). The van der Waals surface area contributed by atoms with Crippen LogP contribution in [0.4, 0.5) is 8.78 Å². The standard InChI is InChI=1S/C13H14FNO2.CH3F/c14-8-12(16)11-6-7-15(13(11)17)9-10-4-2-1-3-5-10;1-2/h1-5,11H,6-9H2;1H3. The van der Waals surface area contributed by atoms with E-state index in [0.29, 0.717) is 26.7 Å². The number of Topliss-reactive ketones (excluding diaryl/α,β-unsaturated/α-hetero) is 1. The highest BCUT2D eigenvalue weighted by molar-refractivity contribution is 6.03. The van der Waals surface area contributed by atoms with Crippen LogP contribution in [0.25, 0.3) is 0 Å². The van der Waals surface area contributed by atoms with Crippen molar-refractivity contribution in [2.24, 2.45) is 5.92 Å². The topological polar surface area (TPSA) is 37.4 Å². The summed E-state index contributed by atoms with van der Waals surface area (Å²) in [6, 6.07) is 9.57. The number of hydrogen-bond acceptors (Lipinski definition) is 2. The van der Waals surface area contributed by atoms with Gasteiger partial charge < -0.3 is 4.90 Å². The lowest BCUT2D eigenvalue weighted by atomic mass is 10.0. The number of halogens is 2. The molecule has 1 aliphatic rings. The SMILES string of the molecule is CF.O=C(CF)C1CCN(Cc2ccccc2)C1=O. The molecule has 0 N–H and O–H groups in total. The van der Waals surface area contributed by atoms with Crippen LogP contribution >= 0.6 is 0 Å². The van der Waals surface area contributed by atoms with E-state index in [9.17, 15) is 18.4 Å². The van der Waals surface area contributed by atoms with Gasteiger partial charge in [-0.1, -0.05) is 30.3 Å². The second-order valence-corrected chi connectivity index (χ2v) is 4.19. The Morgan fingerprint density at radius 2 is 1.95 bits per heavy atom. The fraction of sp³-hybridized carbons (Fsp3) is 0.429. The summed E-state index contributed by atoms with van der Waals surface area (Å²) in [5.41, 5.74) is 1.02. The zero-order chi connectivity index (χ0) is 14.3. The van der Waals surface area contributed by atoms with E-state index in [0.717, 1.165) is 5.56 Å². The third kappa shape index (κ3) is 3.84. The Labute approximate surface area is 111 Å². The molecule has 0 bridgehead atoms. The van der Waals surface area contributed by atoms with Gasteiger partial charge >= 0.3 is 0 Å². The maximum absolute atomic E-state index is 12.2. The van der Waals surface area contributed by atoms with E-state index in [1.807, 2.05) is 30.3 Å². The number of likely N-dealkylation sites (tertiary alicyclic amines) is 1. The van der Waals surface area contributed by atoms with E-state index in [4.69, 9.17) is 0 Å². The predicted molar refractivity (Wildman–Crippen MR) is 68.0 cm³/mol. The minimum Gasteiger partial charge on any atom is -0.338 e. The summed E-state index contributed by atoms with van der Waals surface area (Å²) in [5, 5.41) is 0. The molecule has 1 saturated heterocycles. The molecule has 1 fully saturated rings. The van der Waals surface area contributed by atoms with Crippen LogP contribution in [0, 0.1) is 5.92 Å². The van der Waals surface area contributed by atoms with Crippen LogP contribution in [0.1, 0.15) is 12.0 Å². The third-order valence-corrected chi connectivity index (χ3v) is 3.03. The zero-order valence-electron chi connectivity index (χ0n) is 10.8. The Morgan fingerprint density at radius 3 is 2.53 bits per heavy atom. The van der Waals surface area contributed by atoms with Crippen LogP contribution in [-0.4, -0.2) is 37.0 Å². The molecule has 1 aromatic rings. The monoisotopic (exact) mass is 269 g/mol. The van der Waals surface area contributed by atoms with Crippen molar-refractivity contribution in [1.82, 2.24) is 4.90 Å². The van der Waals surface area contributed by atoms with Gasteiger partial charge in [-0.25, -0.2) is 4.39 Å². The molecular formula is C14H17F2NO2. The van der Waals surface area contributed by atoms with Crippen LogP contribution in [0.2, 0.25) is 0 Å². The summed E-state index contributed by atoms with van der Waals surface area (Å²) in [7, 11) is 0.500. The summed E-state index contributed by atoms with van der Waals surface area (Å²) < 4.78 is 21.7. The molecule has 1 unspecified atom stereocenters. The van der Waals surface area contributed by atoms with Gasteiger partial charge in [-0.15, -0.1) is 0 Å². The van der Waals surface area contributed by atoms with Gasteiger partial charge in [0.15, 0.2) is 5.78 Å². The van der Waals surface area contributed by atoms with Gasteiger partial charge in [0, 0.05) is 13.1 Å². The van der Waals surface area contributed by atoms with Crippen molar-refractivity contribution in [3.05, 3.63) is 35.9 Å². The second kappa shape index (κ2) is 7.61. The Balaban J connectivity index is 0.000000861. The average Bonchev–Trinajstić information content (AvgIpc) is 2.83. The summed E-state index contributed by atoms with van der Waals surface area (Å²) in [4.78, 5) is 24.7. The van der Waals surface area contributed by atoms with Gasteiger partial charge in [0.1, 0.15) is 12.6 Å². The Kier molecular flexibility index (Phi) is 6.12. The number of amides is 1. The molecule has 1 atom stereocenters. The predicted octanol–water partition coefficient (Wildman–Crippen LogP) is 2.16. The van der Waals surface area contributed by atoms with Crippen molar-refractivity contribution >= 4 is 11.7 Å². The summed E-state index contributed by atoms with van der Waals surface area (Å²) in [6.45, 7) is -0.0184. The van der Waals surface area contributed by atoms with Crippen LogP contribution < -0.4 is 0 Å². The molecule has 1 aliphatic heterocycles. The molecule has 1 aromatic carbocycles. The maximum atomic E-state index is 12.2. The first-order chi connectivity index (χ1) is 9.22. The van der Waals surface area contributed by atoms with Crippen LogP contribution in [0.3, 0.4) is 0 Å². The van der Waals surface area contributed by atoms with E-state index in [-0.39, 0.29) is 5.91 Å². The Bertz CT molecular complexity index is 423. The van der Waals surface area contributed by atoms with Gasteiger partial charge in [0.25, 0.3) is 0 Å². The van der Waals surface area contributed by atoms with Crippen molar-refractivity contribution in [3.8, 4) is 0 Å². The van der Waals surface area contributed by atoms with Crippen LogP contribution in [0.15, 0.2) is 30.3 Å². The van der Waals surface area contributed by atoms with Crippen molar-refractivity contribution in [2.75, 3.05) is 20.4 Å². The number of rotatable bonds is 4. The first kappa shape index (κ1) is 15.3. The second-order valence-electron chi connectivity index (χ2n) is 4.19. The molecule has 0 saturated carbocycles. The largest absolute Gasteiger partial charge is 0.338 e. The first-order valence-electron chi connectivity index (χ1n) is 6.01. The van der Waals surface area contributed by atoms with Gasteiger partial charge in [-0.3, -0.25) is 14.0 Å². The third-order valence-electron chi connectivity index (χ3n) is 3.03. The quantitative estimate of drug-likeness (QED) is 0.785. The molecule has 19 heavy (non-hydrogen) atoms. The lowest BCUT2D eigenvalue weighted by Crippen LogP contribution is -2.30. The van der Waals surface area contributed by atoms with E-state index < -0.39 is 18.4 Å². The van der Waals surface area contributed by atoms with E-state index in [1.165, 1.54) is 0 Å². The summed E-state index contributed by atoms with van der Waals surface area (Å²) >= 11 is 0. The zero-order valence-corrected chi connectivity index (χ0v) is 10.8. The molecule has 5 heteroatoms. The fourth-order valence-corrected chi connectivity index (χ4v) is 2.09. The van der Waals surface area contributed by atoms with E-state index >= 15 is 0 Å². The summed E-state index contributed by atoms with van der Waals surface area (Å²) in [6.07, 6.45) is 0.439. The molecular weight excluding hydrogens is 252 g/mol. The van der Waals surface area contributed by atoms with Gasteiger partial charge in [-0.2, -0.15) is 0 Å². The lowest BCUT2D eigenvalue weighted by molar-refractivity contribution is -0.137. The minimum absolute atomic E-state index is 0.239. The van der Waals surface area contributed by atoms with Crippen molar-refractivity contribution in [2.45, 2.75) is 13.0 Å². The number of alkyl halides is 2. The van der Waals surface area contributed by atoms with Crippen molar-refractivity contribution in [3.63, 3.8) is 0 Å². The lowest BCUT2D eigenvalue weighted by Gasteiger charge is -2.16. The smallest absolute Gasteiger partial charge is 0.233 e. The summed E-state index contributed by atoms with van der Waals surface area (Å²) in [5.74, 6) is -1.59. The molecule has 0 radical (unpaired) electrons. The highest BCUT2D eigenvalue weighted by atomic mass is 19.1. The highest BCUT2D eigenvalue weighted by Gasteiger charge is 2.36. The van der Waals surface area contributed by atoms with Crippen LogP contribution in [-0.2, 0) is 16.1 Å². The van der Waals surface area contributed by atoms with E-state index in [2.05, 4.69) is 0 Å². The Morgan fingerprint density at radius 1 is 1.32 bits per heavy atom. The number of benzene rings is 1. The van der Waals surface area contributed by atoms with Gasteiger partial charge in [0.05, 0.1) is 7.18 Å². The van der Waals surface area contributed by atoms with Gasteiger partial charge in [-0.05, 0) is 12.0 Å². The number of hydrogen-bond donors (Lipinski definition) is 0. The van der Waals surface area contributed by atoms with Gasteiger partial charge in [0.2, 0.25) is 5.91 Å². The molecule has 0 aliphatic carbocycles. The minimum atomic E-state index is -1.05. The molecule has 0 aromatic heterocycles. The fourth-order valence-electron chi connectivity index (χ4n) is 2.09. The average molecular weight is 269 g/mol. The first-order valence-corrected chi connectivity index (χ1v) is 6.01. The van der Waals surface area contributed by atoms with E-state index in [1.54, 1.807) is 4.90 Å².